The smallest absolute Gasteiger partial charge is 0.108 e. The van der Waals surface area contributed by atoms with Gasteiger partial charge in [-0.25, -0.2) is 4.98 Å². The molecule has 1 unspecified atom stereocenters. The van der Waals surface area contributed by atoms with Crippen LogP contribution in [0.1, 0.15) is 17.4 Å². The zero-order valence-electron chi connectivity index (χ0n) is 11.0. The number of aromatic nitrogens is 3. The molecule has 3 aromatic rings. The Kier molecular flexibility index (Phi) is 3.56. The largest absolute Gasteiger partial charge is 0.342 e. The Balaban J connectivity index is 1.75. The lowest BCUT2D eigenvalue weighted by Crippen LogP contribution is -2.13. The molecule has 0 spiro atoms. The lowest BCUT2D eigenvalue weighted by Gasteiger charge is -2.09. The fourth-order valence-electron chi connectivity index (χ4n) is 2.17. The normalized spacial score (nSPS) is 12.2. The molecule has 4 nitrogen and oxygen atoms in total. The van der Waals surface area contributed by atoms with Gasteiger partial charge in [0.05, 0.1) is 11.9 Å². The molecule has 20 heavy (non-hydrogen) atoms. The van der Waals surface area contributed by atoms with Gasteiger partial charge in [0.2, 0.25) is 0 Å². The molecular formula is C16H16N4. The molecule has 0 amide bonds. The highest BCUT2D eigenvalue weighted by molar-refractivity contribution is 5.57. The number of nitrogens with one attached hydrogen (secondary N) is 1. The Labute approximate surface area is 117 Å². The predicted octanol–water partition coefficient (Wildman–Crippen LogP) is 2.71. The highest BCUT2D eigenvalue weighted by Gasteiger charge is 2.10. The summed E-state index contributed by atoms with van der Waals surface area (Å²) in [5, 5.41) is 0. The molecule has 0 saturated carbocycles. The second-order valence-corrected chi connectivity index (χ2v) is 4.70. The maximum atomic E-state index is 6.20. The second kappa shape index (κ2) is 5.67. The van der Waals surface area contributed by atoms with Gasteiger partial charge in [-0.1, -0.05) is 30.3 Å². The molecule has 100 valence electrons. The first-order valence-electron chi connectivity index (χ1n) is 6.58. The number of hydrogen-bond acceptors (Lipinski definition) is 3. The topological polar surface area (TPSA) is 67.6 Å². The average molecular weight is 264 g/mol. The van der Waals surface area contributed by atoms with Crippen molar-refractivity contribution in [3.8, 4) is 11.3 Å². The van der Waals surface area contributed by atoms with Crippen LogP contribution in [0.25, 0.3) is 11.3 Å². The van der Waals surface area contributed by atoms with Gasteiger partial charge in [0.1, 0.15) is 5.82 Å². The first-order valence-corrected chi connectivity index (χ1v) is 6.58. The first-order chi connectivity index (χ1) is 9.83. The van der Waals surface area contributed by atoms with Crippen LogP contribution in [0.3, 0.4) is 0 Å². The van der Waals surface area contributed by atoms with Crippen LogP contribution in [0, 0.1) is 0 Å². The van der Waals surface area contributed by atoms with Crippen LogP contribution in [0.2, 0.25) is 0 Å². The highest BCUT2D eigenvalue weighted by atomic mass is 14.9. The van der Waals surface area contributed by atoms with Crippen LogP contribution in [-0.2, 0) is 6.42 Å². The third-order valence-corrected chi connectivity index (χ3v) is 3.26. The quantitative estimate of drug-likeness (QED) is 0.761. The summed E-state index contributed by atoms with van der Waals surface area (Å²) in [6, 6.07) is 13.9. The summed E-state index contributed by atoms with van der Waals surface area (Å²) in [6.07, 6.45) is 6.06. The molecule has 2 heterocycles. The molecule has 1 aromatic carbocycles. The Hall–Kier alpha value is -2.46. The van der Waals surface area contributed by atoms with Gasteiger partial charge in [0.25, 0.3) is 0 Å². The van der Waals surface area contributed by atoms with Gasteiger partial charge in [-0.15, -0.1) is 0 Å². The number of pyridine rings is 1. The summed E-state index contributed by atoms with van der Waals surface area (Å²) >= 11 is 0. The number of benzene rings is 1. The van der Waals surface area contributed by atoms with Gasteiger partial charge in [-0.3, -0.25) is 4.98 Å². The van der Waals surface area contributed by atoms with Gasteiger partial charge in [0, 0.05) is 30.4 Å². The molecule has 0 aliphatic carbocycles. The van der Waals surface area contributed by atoms with Crippen molar-refractivity contribution in [2.45, 2.75) is 12.5 Å². The molecular weight excluding hydrogens is 248 g/mol. The van der Waals surface area contributed by atoms with Crippen LogP contribution < -0.4 is 5.73 Å². The summed E-state index contributed by atoms with van der Waals surface area (Å²) < 4.78 is 0. The SMILES string of the molecule is NC(Cc1ncc(-c2ccncc2)[nH]1)c1ccccc1. The molecule has 3 rings (SSSR count). The van der Waals surface area contributed by atoms with E-state index in [0.717, 1.165) is 22.6 Å². The molecule has 1 atom stereocenters. The van der Waals surface area contributed by atoms with E-state index in [9.17, 15) is 0 Å². The minimum absolute atomic E-state index is 0.0485. The van der Waals surface area contributed by atoms with Crippen molar-refractivity contribution in [1.82, 2.24) is 15.0 Å². The molecule has 0 bridgehead atoms. The summed E-state index contributed by atoms with van der Waals surface area (Å²) in [5.41, 5.74) is 9.39. The summed E-state index contributed by atoms with van der Waals surface area (Å²) in [5.74, 6) is 0.896. The number of aromatic amines is 1. The van der Waals surface area contributed by atoms with Gasteiger partial charge in [-0.05, 0) is 17.7 Å². The van der Waals surface area contributed by atoms with E-state index in [-0.39, 0.29) is 6.04 Å². The van der Waals surface area contributed by atoms with Crippen molar-refractivity contribution in [1.29, 1.82) is 0 Å². The Bertz CT molecular complexity index is 661. The molecule has 0 fully saturated rings. The number of imidazole rings is 1. The lowest BCUT2D eigenvalue weighted by atomic mass is 10.0. The fourth-order valence-corrected chi connectivity index (χ4v) is 2.17. The van der Waals surface area contributed by atoms with Crippen molar-refractivity contribution < 1.29 is 0 Å². The van der Waals surface area contributed by atoms with E-state index < -0.39 is 0 Å². The van der Waals surface area contributed by atoms with Crippen LogP contribution in [0.5, 0.6) is 0 Å². The average Bonchev–Trinajstić information content (AvgIpc) is 2.97. The van der Waals surface area contributed by atoms with E-state index in [1.807, 2.05) is 48.7 Å². The number of rotatable bonds is 4. The molecule has 3 N–H and O–H groups in total. The third-order valence-electron chi connectivity index (χ3n) is 3.26. The standard InChI is InChI=1S/C16H16N4/c17-14(12-4-2-1-3-5-12)10-16-19-11-15(20-16)13-6-8-18-9-7-13/h1-9,11,14H,10,17H2,(H,19,20). The van der Waals surface area contributed by atoms with E-state index in [4.69, 9.17) is 5.73 Å². The number of hydrogen-bond donors (Lipinski definition) is 2. The van der Waals surface area contributed by atoms with Crippen LogP contribution in [-0.4, -0.2) is 15.0 Å². The lowest BCUT2D eigenvalue weighted by molar-refractivity contribution is 0.695. The van der Waals surface area contributed by atoms with E-state index in [1.54, 1.807) is 12.4 Å². The Morgan fingerprint density at radius 2 is 1.80 bits per heavy atom. The maximum Gasteiger partial charge on any atom is 0.108 e. The zero-order valence-corrected chi connectivity index (χ0v) is 11.0. The van der Waals surface area contributed by atoms with Gasteiger partial charge in [0.15, 0.2) is 0 Å². The minimum Gasteiger partial charge on any atom is -0.342 e. The van der Waals surface area contributed by atoms with E-state index in [0.29, 0.717) is 6.42 Å². The first kappa shape index (κ1) is 12.6. The molecule has 0 aliphatic rings. The highest BCUT2D eigenvalue weighted by Crippen LogP contribution is 2.18. The van der Waals surface area contributed by atoms with Crippen molar-refractivity contribution in [2.24, 2.45) is 5.73 Å². The maximum absolute atomic E-state index is 6.20. The summed E-state index contributed by atoms with van der Waals surface area (Å²) in [6.45, 7) is 0. The van der Waals surface area contributed by atoms with Crippen molar-refractivity contribution in [3.63, 3.8) is 0 Å². The van der Waals surface area contributed by atoms with Gasteiger partial charge in [-0.2, -0.15) is 0 Å². The van der Waals surface area contributed by atoms with Gasteiger partial charge >= 0.3 is 0 Å². The number of nitrogens with zero attached hydrogens (tertiary/aromatic N) is 2. The number of nitrogens with two attached hydrogens (primary N) is 1. The molecule has 0 radical (unpaired) electrons. The summed E-state index contributed by atoms with van der Waals surface area (Å²) in [4.78, 5) is 11.7. The monoisotopic (exact) mass is 264 g/mol. The van der Waals surface area contributed by atoms with Crippen molar-refractivity contribution in [3.05, 3.63) is 72.4 Å². The predicted molar refractivity (Wildman–Crippen MR) is 78.9 cm³/mol. The van der Waals surface area contributed by atoms with Crippen molar-refractivity contribution >= 4 is 0 Å². The van der Waals surface area contributed by atoms with Crippen molar-refractivity contribution in [2.75, 3.05) is 0 Å². The summed E-state index contributed by atoms with van der Waals surface area (Å²) in [7, 11) is 0. The van der Waals surface area contributed by atoms with E-state index in [1.165, 1.54) is 0 Å². The van der Waals surface area contributed by atoms with Crippen LogP contribution in [0.15, 0.2) is 61.1 Å². The van der Waals surface area contributed by atoms with E-state index in [2.05, 4.69) is 15.0 Å². The second-order valence-electron chi connectivity index (χ2n) is 4.70. The molecule has 0 aliphatic heterocycles. The van der Waals surface area contributed by atoms with Crippen LogP contribution in [0.4, 0.5) is 0 Å². The molecule has 2 aromatic heterocycles. The number of H-pyrrole nitrogens is 1. The Morgan fingerprint density at radius 3 is 2.55 bits per heavy atom. The fraction of sp³-hybridized carbons (Fsp3) is 0.125. The van der Waals surface area contributed by atoms with Gasteiger partial charge < -0.3 is 10.7 Å². The molecule has 4 heteroatoms. The van der Waals surface area contributed by atoms with E-state index >= 15 is 0 Å². The third kappa shape index (κ3) is 2.75. The van der Waals surface area contributed by atoms with Crippen LogP contribution >= 0.6 is 0 Å². The molecule has 0 saturated heterocycles. The zero-order chi connectivity index (χ0) is 13.8. The Morgan fingerprint density at radius 1 is 1.05 bits per heavy atom. The minimum atomic E-state index is -0.0485.